The molecule has 0 spiro atoms. The zero-order chi connectivity index (χ0) is 10.0. The third-order valence-electron chi connectivity index (χ3n) is 2.46. The molecule has 13 heavy (non-hydrogen) atoms. The Morgan fingerprint density at radius 3 is 2.54 bits per heavy atom. The van der Waals surface area contributed by atoms with Gasteiger partial charge in [0, 0.05) is 24.8 Å². The average Bonchev–Trinajstić information content (AvgIpc) is 2.12. The minimum atomic E-state index is 0.0492. The number of aromatic nitrogens is 1. The Morgan fingerprint density at radius 2 is 2.08 bits per heavy atom. The highest BCUT2D eigenvalue weighted by atomic mass is 16.1. The van der Waals surface area contributed by atoms with Gasteiger partial charge in [-0.15, -0.1) is 0 Å². The van der Waals surface area contributed by atoms with Gasteiger partial charge in [-0.1, -0.05) is 0 Å². The highest BCUT2D eigenvalue weighted by molar-refractivity contribution is 5.29. The molecule has 0 bridgehead atoms. The molecular weight excluding hydrogens is 164 g/mol. The summed E-state index contributed by atoms with van der Waals surface area (Å²) >= 11 is 0. The van der Waals surface area contributed by atoms with Crippen LogP contribution in [0.1, 0.15) is 23.6 Å². The molecule has 0 aliphatic rings. The minimum absolute atomic E-state index is 0.0492. The summed E-state index contributed by atoms with van der Waals surface area (Å²) in [5, 5.41) is 0. The molecule has 3 nitrogen and oxygen atoms in total. The Bertz CT molecular complexity index is 366. The molecular formula is C10H16N2O. The monoisotopic (exact) mass is 180 g/mol. The van der Waals surface area contributed by atoms with Crippen molar-refractivity contribution in [2.75, 3.05) is 0 Å². The average molecular weight is 180 g/mol. The molecule has 72 valence electrons. The van der Waals surface area contributed by atoms with Crippen LogP contribution in [0.2, 0.25) is 0 Å². The normalized spacial score (nSPS) is 10.5. The summed E-state index contributed by atoms with van der Waals surface area (Å²) in [6.45, 7) is 6.93. The van der Waals surface area contributed by atoms with Gasteiger partial charge in [0.15, 0.2) is 0 Å². The zero-order valence-corrected chi connectivity index (χ0v) is 8.42. The van der Waals surface area contributed by atoms with Crippen LogP contribution in [0, 0.1) is 13.8 Å². The molecule has 0 amide bonds. The number of hydrogen-bond acceptors (Lipinski definition) is 2. The Morgan fingerprint density at radius 1 is 1.46 bits per heavy atom. The third kappa shape index (κ3) is 1.65. The lowest BCUT2D eigenvalue weighted by atomic mass is 10.1. The molecule has 1 aromatic rings. The first-order chi connectivity index (χ1) is 6.11. The summed E-state index contributed by atoms with van der Waals surface area (Å²) in [4.78, 5) is 11.7. The van der Waals surface area contributed by atoms with E-state index in [0.29, 0.717) is 13.1 Å². The van der Waals surface area contributed by atoms with Gasteiger partial charge in [0.2, 0.25) is 0 Å². The van der Waals surface area contributed by atoms with E-state index in [1.807, 2.05) is 27.0 Å². The highest BCUT2D eigenvalue weighted by Gasteiger charge is 2.07. The van der Waals surface area contributed by atoms with Crippen LogP contribution < -0.4 is 11.3 Å². The van der Waals surface area contributed by atoms with Crippen molar-refractivity contribution in [3.05, 3.63) is 33.2 Å². The number of nitrogens with two attached hydrogens (primary N) is 1. The maximum absolute atomic E-state index is 11.7. The molecule has 0 saturated heterocycles. The Hall–Kier alpha value is -1.09. The number of hydrogen-bond donors (Lipinski definition) is 1. The molecule has 1 aromatic heterocycles. The molecule has 0 atom stereocenters. The van der Waals surface area contributed by atoms with E-state index in [2.05, 4.69) is 0 Å². The second kappa shape index (κ2) is 3.75. The minimum Gasteiger partial charge on any atom is -0.326 e. The van der Waals surface area contributed by atoms with Gasteiger partial charge in [-0.2, -0.15) is 0 Å². The van der Waals surface area contributed by atoms with Crippen molar-refractivity contribution >= 4 is 0 Å². The zero-order valence-electron chi connectivity index (χ0n) is 8.42. The van der Waals surface area contributed by atoms with Gasteiger partial charge in [-0.3, -0.25) is 4.79 Å². The van der Waals surface area contributed by atoms with Gasteiger partial charge in [0.25, 0.3) is 5.56 Å². The molecule has 0 aromatic carbocycles. The van der Waals surface area contributed by atoms with E-state index in [-0.39, 0.29) is 5.56 Å². The topological polar surface area (TPSA) is 48.0 Å². The summed E-state index contributed by atoms with van der Waals surface area (Å²) < 4.78 is 1.70. The van der Waals surface area contributed by atoms with Gasteiger partial charge in [-0.05, 0) is 31.9 Å². The molecule has 0 radical (unpaired) electrons. The van der Waals surface area contributed by atoms with E-state index >= 15 is 0 Å². The van der Waals surface area contributed by atoms with E-state index in [9.17, 15) is 4.79 Å². The van der Waals surface area contributed by atoms with Crippen LogP contribution in [0.4, 0.5) is 0 Å². The smallest absolute Gasteiger partial charge is 0.255 e. The van der Waals surface area contributed by atoms with Crippen LogP contribution in [0.15, 0.2) is 11.0 Å². The van der Waals surface area contributed by atoms with Crippen LogP contribution >= 0.6 is 0 Å². The quantitative estimate of drug-likeness (QED) is 0.736. The van der Waals surface area contributed by atoms with Gasteiger partial charge >= 0.3 is 0 Å². The first-order valence-electron chi connectivity index (χ1n) is 4.51. The van der Waals surface area contributed by atoms with E-state index in [1.165, 1.54) is 0 Å². The predicted molar refractivity (Wildman–Crippen MR) is 53.7 cm³/mol. The Labute approximate surface area is 78.2 Å². The van der Waals surface area contributed by atoms with Gasteiger partial charge in [0.1, 0.15) is 0 Å². The van der Waals surface area contributed by atoms with Crippen molar-refractivity contribution < 1.29 is 0 Å². The first-order valence-corrected chi connectivity index (χ1v) is 4.51. The lowest BCUT2D eigenvalue weighted by Gasteiger charge is -2.10. The Kier molecular flexibility index (Phi) is 2.88. The van der Waals surface area contributed by atoms with Crippen molar-refractivity contribution in [1.82, 2.24) is 4.57 Å². The Balaban J connectivity index is 3.48. The fourth-order valence-electron chi connectivity index (χ4n) is 1.44. The van der Waals surface area contributed by atoms with Crippen LogP contribution in [0.25, 0.3) is 0 Å². The third-order valence-corrected chi connectivity index (χ3v) is 2.46. The maximum Gasteiger partial charge on any atom is 0.255 e. The highest BCUT2D eigenvalue weighted by Crippen LogP contribution is 2.07. The van der Waals surface area contributed by atoms with E-state index < -0.39 is 0 Å². The van der Waals surface area contributed by atoms with Crippen molar-refractivity contribution in [2.24, 2.45) is 5.73 Å². The van der Waals surface area contributed by atoms with Crippen molar-refractivity contribution in [3.8, 4) is 0 Å². The van der Waals surface area contributed by atoms with Crippen LogP contribution in [0.3, 0.4) is 0 Å². The van der Waals surface area contributed by atoms with E-state index in [0.717, 1.165) is 16.7 Å². The lowest BCUT2D eigenvalue weighted by Crippen LogP contribution is -2.26. The van der Waals surface area contributed by atoms with Crippen molar-refractivity contribution in [3.63, 3.8) is 0 Å². The van der Waals surface area contributed by atoms with Crippen LogP contribution in [-0.2, 0) is 13.1 Å². The molecule has 2 N–H and O–H groups in total. The summed E-state index contributed by atoms with van der Waals surface area (Å²) in [6.07, 6.45) is 1.89. The van der Waals surface area contributed by atoms with Crippen LogP contribution in [-0.4, -0.2) is 4.57 Å². The SMILES string of the molecule is CCn1cc(C)c(C)c(CN)c1=O. The predicted octanol–water partition coefficient (Wildman–Crippen LogP) is 0.944. The largest absolute Gasteiger partial charge is 0.326 e. The molecule has 0 saturated carbocycles. The second-order valence-corrected chi connectivity index (χ2v) is 3.21. The van der Waals surface area contributed by atoms with Crippen molar-refractivity contribution in [1.29, 1.82) is 0 Å². The van der Waals surface area contributed by atoms with Gasteiger partial charge in [0.05, 0.1) is 0 Å². The maximum atomic E-state index is 11.7. The first kappa shape index (κ1) is 9.99. The molecule has 0 unspecified atom stereocenters. The number of aryl methyl sites for hydroxylation is 2. The molecule has 3 heteroatoms. The molecule has 1 heterocycles. The van der Waals surface area contributed by atoms with Crippen molar-refractivity contribution in [2.45, 2.75) is 33.9 Å². The number of rotatable bonds is 2. The number of nitrogens with zero attached hydrogens (tertiary/aromatic N) is 1. The summed E-state index contributed by atoms with van der Waals surface area (Å²) in [7, 11) is 0. The van der Waals surface area contributed by atoms with Gasteiger partial charge in [-0.25, -0.2) is 0 Å². The summed E-state index contributed by atoms with van der Waals surface area (Å²) in [6, 6.07) is 0. The van der Waals surface area contributed by atoms with E-state index in [4.69, 9.17) is 5.73 Å². The summed E-state index contributed by atoms with van der Waals surface area (Å²) in [5.41, 5.74) is 8.47. The summed E-state index contributed by atoms with van der Waals surface area (Å²) in [5.74, 6) is 0. The lowest BCUT2D eigenvalue weighted by molar-refractivity contribution is 0.706. The fraction of sp³-hybridized carbons (Fsp3) is 0.500. The molecule has 0 aliphatic heterocycles. The number of pyridine rings is 1. The molecule has 0 fully saturated rings. The fourth-order valence-corrected chi connectivity index (χ4v) is 1.44. The second-order valence-electron chi connectivity index (χ2n) is 3.21. The van der Waals surface area contributed by atoms with E-state index in [1.54, 1.807) is 4.57 Å². The standard InChI is InChI=1S/C10H16N2O/c1-4-12-6-7(2)8(3)9(5-11)10(12)13/h6H,4-5,11H2,1-3H3. The van der Waals surface area contributed by atoms with Gasteiger partial charge < -0.3 is 10.3 Å². The van der Waals surface area contributed by atoms with Crippen LogP contribution in [0.5, 0.6) is 0 Å². The molecule has 0 aliphatic carbocycles. The molecule has 1 rings (SSSR count).